The number of halogens is 1. The maximum atomic E-state index is 14.8. The number of nitro benzene ring substituents is 1. The molecule has 0 aliphatic rings. The van der Waals surface area contributed by atoms with Crippen molar-refractivity contribution in [3.63, 3.8) is 0 Å². The van der Waals surface area contributed by atoms with E-state index in [0.29, 0.717) is 35.5 Å². The monoisotopic (exact) mass is 620 g/mol. The number of aromatic nitrogens is 4. The smallest absolute Gasteiger partial charge is 0.330 e. The van der Waals surface area contributed by atoms with E-state index in [-0.39, 0.29) is 33.9 Å². The maximum absolute atomic E-state index is 14.8. The van der Waals surface area contributed by atoms with Crippen molar-refractivity contribution in [3.05, 3.63) is 126 Å². The van der Waals surface area contributed by atoms with E-state index in [4.69, 9.17) is 0 Å². The molecule has 2 heterocycles. The summed E-state index contributed by atoms with van der Waals surface area (Å²) >= 11 is 0. The standard InChI is InChI=1S/C30H29FN6O6S/c1-3-4-15-36-28-26(29(38)34-30(36)39)32-27(33-28)23(16-20-7-5-6-8-24(20)31)19-10-12-21(13-11-19)35-44(42,43)25-17-22(37(40)41)14-9-18(25)2/h5-14,17,23,35H,3-4,15-16H2,1-2H3,(H,32,33)(H,34,38,39). The lowest BCUT2D eigenvalue weighted by atomic mass is 9.91. The fraction of sp³-hybridized carbons (Fsp3) is 0.233. The average Bonchev–Trinajstić information content (AvgIpc) is 3.43. The summed E-state index contributed by atoms with van der Waals surface area (Å²) in [5, 5.41) is 11.2. The van der Waals surface area contributed by atoms with Crippen LogP contribution in [-0.2, 0) is 23.0 Å². The zero-order valence-corrected chi connectivity index (χ0v) is 24.7. The van der Waals surface area contributed by atoms with Gasteiger partial charge in [-0.3, -0.25) is 29.2 Å². The molecule has 0 aliphatic heterocycles. The highest BCUT2D eigenvalue weighted by molar-refractivity contribution is 7.92. The Balaban J connectivity index is 1.54. The van der Waals surface area contributed by atoms with Crippen molar-refractivity contribution in [3.8, 4) is 0 Å². The van der Waals surface area contributed by atoms with Crippen LogP contribution < -0.4 is 16.0 Å². The Morgan fingerprint density at radius 3 is 2.48 bits per heavy atom. The summed E-state index contributed by atoms with van der Waals surface area (Å²) in [5.74, 6) is -0.716. The van der Waals surface area contributed by atoms with E-state index in [1.807, 2.05) is 6.92 Å². The first-order valence-corrected chi connectivity index (χ1v) is 15.3. The predicted molar refractivity (Wildman–Crippen MR) is 163 cm³/mol. The maximum Gasteiger partial charge on any atom is 0.330 e. The van der Waals surface area contributed by atoms with E-state index in [1.54, 1.807) is 30.3 Å². The second-order valence-corrected chi connectivity index (χ2v) is 12.0. The van der Waals surface area contributed by atoms with Crippen molar-refractivity contribution >= 4 is 32.6 Å². The lowest BCUT2D eigenvalue weighted by molar-refractivity contribution is -0.385. The van der Waals surface area contributed by atoms with Crippen molar-refractivity contribution in [1.29, 1.82) is 0 Å². The summed E-state index contributed by atoms with van der Waals surface area (Å²) in [6.07, 6.45) is 1.65. The van der Waals surface area contributed by atoms with Crippen molar-refractivity contribution < 1.29 is 17.7 Å². The van der Waals surface area contributed by atoms with Crippen LogP contribution in [0, 0.1) is 22.9 Å². The number of nitrogens with zero attached hydrogens (tertiary/aromatic N) is 3. The van der Waals surface area contributed by atoms with Gasteiger partial charge in [0.1, 0.15) is 17.2 Å². The molecule has 0 bridgehead atoms. The Bertz CT molecular complexity index is 2090. The lowest BCUT2D eigenvalue weighted by Crippen LogP contribution is -2.30. The molecule has 0 saturated carbocycles. The topological polar surface area (TPSA) is 173 Å². The number of fused-ring (bicyclic) bond motifs is 1. The highest BCUT2D eigenvalue weighted by atomic mass is 32.2. The predicted octanol–water partition coefficient (Wildman–Crippen LogP) is 4.74. The molecule has 14 heteroatoms. The van der Waals surface area contributed by atoms with Crippen LogP contribution in [0.4, 0.5) is 15.8 Å². The van der Waals surface area contributed by atoms with Gasteiger partial charge in [-0.2, -0.15) is 0 Å². The van der Waals surface area contributed by atoms with E-state index in [9.17, 15) is 32.5 Å². The van der Waals surface area contributed by atoms with Gasteiger partial charge < -0.3 is 4.98 Å². The molecule has 228 valence electrons. The van der Waals surface area contributed by atoms with Gasteiger partial charge in [0.25, 0.3) is 21.3 Å². The summed E-state index contributed by atoms with van der Waals surface area (Å²) < 4.78 is 44.9. The minimum absolute atomic E-state index is 0.117. The Hall–Kier alpha value is -5.11. The molecule has 1 atom stereocenters. The highest BCUT2D eigenvalue weighted by Crippen LogP contribution is 2.31. The van der Waals surface area contributed by atoms with Crippen LogP contribution in [0.2, 0.25) is 0 Å². The van der Waals surface area contributed by atoms with Crippen molar-refractivity contribution in [2.75, 3.05) is 4.72 Å². The third-order valence-electron chi connectivity index (χ3n) is 7.34. The Morgan fingerprint density at radius 1 is 1.07 bits per heavy atom. The van der Waals surface area contributed by atoms with E-state index < -0.39 is 37.9 Å². The largest absolute Gasteiger partial charge is 0.336 e. The van der Waals surface area contributed by atoms with Gasteiger partial charge in [0.05, 0.1) is 9.82 Å². The van der Waals surface area contributed by atoms with Crippen LogP contribution in [-0.4, -0.2) is 32.9 Å². The van der Waals surface area contributed by atoms with Crippen LogP contribution in [0.25, 0.3) is 11.2 Å². The second-order valence-electron chi connectivity index (χ2n) is 10.4. The van der Waals surface area contributed by atoms with Gasteiger partial charge >= 0.3 is 5.69 Å². The van der Waals surface area contributed by atoms with E-state index in [1.165, 1.54) is 41.8 Å². The first-order chi connectivity index (χ1) is 21.0. The summed E-state index contributed by atoms with van der Waals surface area (Å²) in [5.41, 5.74) is 0.302. The van der Waals surface area contributed by atoms with E-state index in [2.05, 4.69) is 19.7 Å². The molecule has 3 N–H and O–H groups in total. The molecule has 0 aliphatic carbocycles. The number of sulfonamides is 1. The Labute approximate surface area is 250 Å². The highest BCUT2D eigenvalue weighted by Gasteiger charge is 2.24. The number of H-pyrrole nitrogens is 2. The fourth-order valence-electron chi connectivity index (χ4n) is 4.99. The van der Waals surface area contributed by atoms with Gasteiger partial charge in [-0.25, -0.2) is 22.6 Å². The number of aromatic amines is 2. The quantitative estimate of drug-likeness (QED) is 0.141. The van der Waals surface area contributed by atoms with Gasteiger partial charge in [-0.15, -0.1) is 0 Å². The number of aryl methyl sites for hydroxylation is 2. The van der Waals surface area contributed by atoms with Gasteiger partial charge in [0.15, 0.2) is 5.65 Å². The molecule has 1 unspecified atom stereocenters. The third kappa shape index (κ3) is 6.15. The summed E-state index contributed by atoms with van der Waals surface area (Å²) in [6.45, 7) is 3.86. The molecule has 0 amide bonds. The minimum Gasteiger partial charge on any atom is -0.336 e. The zero-order valence-electron chi connectivity index (χ0n) is 23.8. The molecule has 0 fully saturated rings. The molecule has 0 radical (unpaired) electrons. The van der Waals surface area contributed by atoms with Crippen LogP contribution >= 0.6 is 0 Å². The number of non-ortho nitro benzene ring substituents is 1. The van der Waals surface area contributed by atoms with Crippen LogP contribution in [0.5, 0.6) is 0 Å². The number of hydrogen-bond acceptors (Lipinski definition) is 7. The molecule has 0 saturated heterocycles. The van der Waals surface area contributed by atoms with Crippen molar-refractivity contribution in [1.82, 2.24) is 19.5 Å². The molecule has 0 spiro atoms. The van der Waals surface area contributed by atoms with E-state index in [0.717, 1.165) is 12.5 Å². The normalized spacial score (nSPS) is 12.3. The van der Waals surface area contributed by atoms with Crippen molar-refractivity contribution in [2.45, 2.75) is 50.5 Å². The number of unbranched alkanes of at least 4 members (excludes halogenated alkanes) is 1. The molecule has 44 heavy (non-hydrogen) atoms. The van der Waals surface area contributed by atoms with Gasteiger partial charge in [0.2, 0.25) is 0 Å². The minimum atomic E-state index is -4.17. The van der Waals surface area contributed by atoms with Gasteiger partial charge in [0, 0.05) is 30.3 Å². The third-order valence-corrected chi connectivity index (χ3v) is 8.86. The number of rotatable bonds is 11. The second kappa shape index (κ2) is 12.2. The first-order valence-electron chi connectivity index (χ1n) is 13.8. The number of anilines is 1. The molecule has 5 rings (SSSR count). The van der Waals surface area contributed by atoms with E-state index >= 15 is 0 Å². The number of benzene rings is 3. The molecule has 3 aromatic carbocycles. The van der Waals surface area contributed by atoms with Gasteiger partial charge in [-0.05, 0) is 54.7 Å². The molecule has 5 aromatic rings. The Kier molecular flexibility index (Phi) is 8.45. The van der Waals surface area contributed by atoms with Crippen LogP contribution in [0.15, 0.2) is 81.2 Å². The molecule has 2 aromatic heterocycles. The SMILES string of the molecule is CCCCn1c(=O)[nH]c(=O)c2[nH]c(C(Cc3ccccc3F)c3ccc(NS(=O)(=O)c4cc([N+](=O)[O-])ccc4C)cc3)nc21. The summed E-state index contributed by atoms with van der Waals surface area (Å²) in [7, 11) is -4.17. The zero-order chi connectivity index (χ0) is 31.6. The lowest BCUT2D eigenvalue weighted by Gasteiger charge is -2.17. The van der Waals surface area contributed by atoms with Crippen LogP contribution in [0.3, 0.4) is 0 Å². The number of nitrogens with one attached hydrogen (secondary N) is 3. The molecular weight excluding hydrogens is 591 g/mol. The summed E-state index contributed by atoms with van der Waals surface area (Å²) in [4.78, 5) is 45.6. The fourth-order valence-corrected chi connectivity index (χ4v) is 6.31. The Morgan fingerprint density at radius 2 is 1.80 bits per heavy atom. The average molecular weight is 621 g/mol. The van der Waals surface area contributed by atoms with Crippen LogP contribution in [0.1, 0.15) is 48.2 Å². The molecule has 12 nitrogen and oxygen atoms in total. The molecular formula is C30H29FN6O6S. The van der Waals surface area contributed by atoms with Gasteiger partial charge in [-0.1, -0.05) is 49.7 Å². The summed E-state index contributed by atoms with van der Waals surface area (Å²) in [6, 6.07) is 16.2. The number of nitro groups is 1. The van der Waals surface area contributed by atoms with Crippen molar-refractivity contribution in [2.24, 2.45) is 0 Å². The first kappa shape index (κ1) is 30.4. The number of hydrogen-bond donors (Lipinski definition) is 3. The number of imidazole rings is 1.